The van der Waals surface area contributed by atoms with Crippen LogP contribution in [-0.2, 0) is 4.79 Å². The maximum atomic E-state index is 13.1. The number of aliphatic carboxylic acids is 1. The topological polar surface area (TPSA) is 86.6 Å². The zero-order valence-electron chi connectivity index (χ0n) is 11.4. The fourth-order valence-electron chi connectivity index (χ4n) is 1.97. The van der Waals surface area contributed by atoms with Crippen molar-refractivity contribution in [2.45, 2.75) is 12.1 Å². The SMILES string of the molecule is O=C(NC(C(=O)O)C(O)c1ccccc1)c1cccc(F)c1. The molecule has 5 nitrogen and oxygen atoms in total. The summed E-state index contributed by atoms with van der Waals surface area (Å²) in [5, 5.41) is 21.5. The molecule has 3 N–H and O–H groups in total. The lowest BCUT2D eigenvalue weighted by Gasteiger charge is -2.20. The molecule has 2 atom stereocenters. The second-order valence-electron chi connectivity index (χ2n) is 4.66. The van der Waals surface area contributed by atoms with Crippen molar-refractivity contribution >= 4 is 11.9 Å². The number of aliphatic hydroxyl groups is 1. The summed E-state index contributed by atoms with van der Waals surface area (Å²) in [4.78, 5) is 23.3. The van der Waals surface area contributed by atoms with Crippen molar-refractivity contribution in [3.63, 3.8) is 0 Å². The van der Waals surface area contributed by atoms with E-state index in [0.717, 1.165) is 6.07 Å². The first-order valence-electron chi connectivity index (χ1n) is 6.51. The summed E-state index contributed by atoms with van der Waals surface area (Å²) in [6, 6.07) is 11.4. The Kier molecular flexibility index (Phi) is 4.85. The number of carboxylic acids is 1. The van der Waals surface area contributed by atoms with E-state index in [1.807, 2.05) is 0 Å². The van der Waals surface area contributed by atoms with Crippen LogP contribution in [0.15, 0.2) is 54.6 Å². The van der Waals surface area contributed by atoms with Crippen LogP contribution in [0, 0.1) is 5.82 Å². The lowest BCUT2D eigenvalue weighted by molar-refractivity contribution is -0.142. The van der Waals surface area contributed by atoms with Crippen LogP contribution in [0.4, 0.5) is 4.39 Å². The molecular weight excluding hydrogens is 289 g/mol. The number of carbonyl (C=O) groups is 2. The first kappa shape index (κ1) is 15.7. The van der Waals surface area contributed by atoms with Crippen molar-refractivity contribution in [2.75, 3.05) is 0 Å². The van der Waals surface area contributed by atoms with Crippen LogP contribution in [0.3, 0.4) is 0 Å². The Balaban J connectivity index is 2.19. The van der Waals surface area contributed by atoms with E-state index < -0.39 is 29.8 Å². The van der Waals surface area contributed by atoms with Gasteiger partial charge in [0.1, 0.15) is 11.9 Å². The smallest absolute Gasteiger partial charge is 0.329 e. The van der Waals surface area contributed by atoms with Crippen LogP contribution < -0.4 is 5.32 Å². The predicted octanol–water partition coefficient (Wildman–Crippen LogP) is 1.74. The number of rotatable bonds is 5. The highest BCUT2D eigenvalue weighted by Crippen LogP contribution is 2.17. The number of halogens is 1. The summed E-state index contributed by atoms with van der Waals surface area (Å²) < 4.78 is 13.1. The zero-order chi connectivity index (χ0) is 16.1. The number of aliphatic hydroxyl groups excluding tert-OH is 1. The lowest BCUT2D eigenvalue weighted by Crippen LogP contribution is -2.45. The van der Waals surface area contributed by atoms with Gasteiger partial charge in [0.25, 0.3) is 5.91 Å². The van der Waals surface area contributed by atoms with Gasteiger partial charge in [0, 0.05) is 5.56 Å². The summed E-state index contributed by atoms with van der Waals surface area (Å²) in [5.74, 6) is -2.77. The first-order valence-corrected chi connectivity index (χ1v) is 6.51. The largest absolute Gasteiger partial charge is 0.480 e. The van der Waals surface area contributed by atoms with Crippen molar-refractivity contribution in [3.05, 3.63) is 71.5 Å². The molecule has 0 saturated carbocycles. The Morgan fingerprint density at radius 1 is 1.05 bits per heavy atom. The normalized spacial score (nSPS) is 13.2. The van der Waals surface area contributed by atoms with E-state index >= 15 is 0 Å². The van der Waals surface area contributed by atoms with Crippen LogP contribution >= 0.6 is 0 Å². The number of amides is 1. The molecule has 2 rings (SSSR count). The van der Waals surface area contributed by atoms with Gasteiger partial charge in [-0.2, -0.15) is 0 Å². The second-order valence-corrected chi connectivity index (χ2v) is 4.66. The molecule has 0 radical (unpaired) electrons. The highest BCUT2D eigenvalue weighted by molar-refractivity contribution is 5.96. The van der Waals surface area contributed by atoms with E-state index in [2.05, 4.69) is 5.32 Å². The Morgan fingerprint density at radius 3 is 2.32 bits per heavy atom. The Labute approximate surface area is 126 Å². The van der Waals surface area contributed by atoms with E-state index in [1.165, 1.54) is 18.2 Å². The molecule has 0 aliphatic carbocycles. The number of nitrogens with one attached hydrogen (secondary N) is 1. The first-order chi connectivity index (χ1) is 10.5. The van der Waals surface area contributed by atoms with Crippen molar-refractivity contribution in [3.8, 4) is 0 Å². The summed E-state index contributed by atoms with van der Waals surface area (Å²) in [7, 11) is 0. The van der Waals surface area contributed by atoms with Gasteiger partial charge in [-0.15, -0.1) is 0 Å². The van der Waals surface area contributed by atoms with E-state index in [4.69, 9.17) is 0 Å². The molecule has 2 aromatic carbocycles. The average Bonchev–Trinajstić information content (AvgIpc) is 2.52. The van der Waals surface area contributed by atoms with Gasteiger partial charge in [0.2, 0.25) is 0 Å². The standard InChI is InChI=1S/C16H14FNO4/c17-12-8-4-7-11(9-12)15(20)18-13(16(21)22)14(19)10-5-2-1-3-6-10/h1-9,13-14,19H,(H,18,20)(H,21,22). The van der Waals surface area contributed by atoms with Crippen molar-refractivity contribution in [2.24, 2.45) is 0 Å². The van der Waals surface area contributed by atoms with Gasteiger partial charge in [-0.05, 0) is 23.8 Å². The van der Waals surface area contributed by atoms with Gasteiger partial charge < -0.3 is 15.5 Å². The summed E-state index contributed by atoms with van der Waals surface area (Å²) in [6.45, 7) is 0. The fourth-order valence-corrected chi connectivity index (χ4v) is 1.97. The maximum Gasteiger partial charge on any atom is 0.329 e. The quantitative estimate of drug-likeness (QED) is 0.785. The van der Waals surface area contributed by atoms with E-state index in [-0.39, 0.29) is 5.56 Å². The minimum Gasteiger partial charge on any atom is -0.480 e. The molecule has 2 unspecified atom stereocenters. The number of carboxylic acid groups (broad SMARTS) is 1. The molecule has 0 bridgehead atoms. The summed E-state index contributed by atoms with van der Waals surface area (Å²) >= 11 is 0. The highest BCUT2D eigenvalue weighted by Gasteiger charge is 2.29. The molecule has 0 heterocycles. The van der Waals surface area contributed by atoms with E-state index in [9.17, 15) is 24.2 Å². The second kappa shape index (κ2) is 6.82. The monoisotopic (exact) mass is 303 g/mol. The molecule has 0 saturated heterocycles. The molecule has 2 aromatic rings. The van der Waals surface area contributed by atoms with Crippen molar-refractivity contribution in [1.29, 1.82) is 0 Å². The van der Waals surface area contributed by atoms with Crippen molar-refractivity contribution in [1.82, 2.24) is 5.32 Å². The molecule has 0 aliphatic rings. The van der Waals surface area contributed by atoms with Crippen molar-refractivity contribution < 1.29 is 24.2 Å². The maximum absolute atomic E-state index is 13.1. The van der Waals surface area contributed by atoms with Gasteiger partial charge in [-0.1, -0.05) is 36.4 Å². The highest BCUT2D eigenvalue weighted by atomic mass is 19.1. The Morgan fingerprint density at radius 2 is 1.73 bits per heavy atom. The number of benzene rings is 2. The molecule has 6 heteroatoms. The molecule has 0 spiro atoms. The molecule has 114 valence electrons. The number of hydrogen-bond acceptors (Lipinski definition) is 3. The lowest BCUT2D eigenvalue weighted by atomic mass is 10.0. The van der Waals surface area contributed by atoms with Crippen LogP contribution in [0.25, 0.3) is 0 Å². The molecular formula is C16H14FNO4. The minimum atomic E-state index is -1.54. The van der Waals surface area contributed by atoms with Crippen LogP contribution in [-0.4, -0.2) is 28.1 Å². The Hall–Kier alpha value is -2.73. The molecule has 0 aromatic heterocycles. The third-order valence-electron chi connectivity index (χ3n) is 3.10. The third-order valence-corrected chi connectivity index (χ3v) is 3.10. The third kappa shape index (κ3) is 3.67. The molecule has 0 aliphatic heterocycles. The minimum absolute atomic E-state index is 0.0217. The summed E-state index contributed by atoms with van der Waals surface area (Å²) in [6.07, 6.45) is -1.42. The molecule has 0 fully saturated rings. The van der Waals surface area contributed by atoms with Gasteiger partial charge in [0.05, 0.1) is 0 Å². The summed E-state index contributed by atoms with van der Waals surface area (Å²) in [5.41, 5.74) is 0.334. The van der Waals surface area contributed by atoms with Gasteiger partial charge >= 0.3 is 5.97 Å². The van der Waals surface area contributed by atoms with Crippen LogP contribution in [0.2, 0.25) is 0 Å². The van der Waals surface area contributed by atoms with Crippen LogP contribution in [0.5, 0.6) is 0 Å². The predicted molar refractivity (Wildman–Crippen MR) is 76.7 cm³/mol. The van der Waals surface area contributed by atoms with E-state index in [1.54, 1.807) is 30.3 Å². The number of carbonyl (C=O) groups excluding carboxylic acids is 1. The Bertz CT molecular complexity index is 675. The number of hydrogen-bond donors (Lipinski definition) is 3. The van der Waals surface area contributed by atoms with Crippen LogP contribution in [0.1, 0.15) is 22.0 Å². The zero-order valence-corrected chi connectivity index (χ0v) is 11.4. The average molecular weight is 303 g/mol. The van der Waals surface area contributed by atoms with E-state index in [0.29, 0.717) is 5.56 Å². The molecule has 1 amide bonds. The molecule has 22 heavy (non-hydrogen) atoms. The van der Waals surface area contributed by atoms with Gasteiger partial charge in [-0.3, -0.25) is 4.79 Å². The fraction of sp³-hybridized carbons (Fsp3) is 0.125. The van der Waals surface area contributed by atoms with Gasteiger partial charge in [0.15, 0.2) is 6.04 Å². The van der Waals surface area contributed by atoms with Gasteiger partial charge in [-0.25, -0.2) is 9.18 Å².